The average Bonchev–Trinajstić information content (AvgIpc) is 3.37. The summed E-state index contributed by atoms with van der Waals surface area (Å²) in [5.74, 6) is -0.493. The number of nitrogens with one attached hydrogen (secondary N) is 3. The molecule has 146 valence electrons. The minimum atomic E-state index is -0.427. The lowest BCUT2D eigenvalue weighted by molar-refractivity contribution is -0.124. The SMILES string of the molecule is O=C(NCc1cc2c([nH]c1=O)CCC2)c1cccc(NC(=O)C2CCCO2)c1. The largest absolute Gasteiger partial charge is 0.368 e. The monoisotopic (exact) mass is 381 g/mol. The number of anilines is 1. The van der Waals surface area contributed by atoms with Crippen molar-refractivity contribution in [2.45, 2.75) is 44.8 Å². The summed E-state index contributed by atoms with van der Waals surface area (Å²) in [6.45, 7) is 0.760. The number of benzene rings is 1. The van der Waals surface area contributed by atoms with Crippen LogP contribution < -0.4 is 16.2 Å². The number of carbonyl (C=O) groups excluding carboxylic acids is 2. The number of aryl methyl sites for hydroxylation is 2. The molecule has 2 aromatic rings. The van der Waals surface area contributed by atoms with Crippen LogP contribution in [-0.4, -0.2) is 29.5 Å². The van der Waals surface area contributed by atoms with Gasteiger partial charge >= 0.3 is 0 Å². The van der Waals surface area contributed by atoms with Crippen molar-refractivity contribution >= 4 is 17.5 Å². The molecule has 0 saturated carbocycles. The van der Waals surface area contributed by atoms with Gasteiger partial charge in [-0.1, -0.05) is 6.07 Å². The van der Waals surface area contributed by atoms with Crippen molar-refractivity contribution in [3.05, 3.63) is 63.1 Å². The fraction of sp³-hybridized carbons (Fsp3) is 0.381. The maximum atomic E-state index is 12.5. The number of aromatic amines is 1. The van der Waals surface area contributed by atoms with E-state index in [0.29, 0.717) is 29.8 Å². The van der Waals surface area contributed by atoms with Gasteiger partial charge in [-0.3, -0.25) is 14.4 Å². The molecule has 1 saturated heterocycles. The second-order valence-electron chi connectivity index (χ2n) is 7.24. The summed E-state index contributed by atoms with van der Waals surface area (Å²) in [4.78, 5) is 39.7. The van der Waals surface area contributed by atoms with Crippen LogP contribution in [-0.2, 0) is 28.9 Å². The molecule has 7 heteroatoms. The van der Waals surface area contributed by atoms with Crippen LogP contribution in [0.4, 0.5) is 5.69 Å². The number of ether oxygens (including phenoxy) is 1. The molecular weight excluding hydrogens is 358 g/mol. The molecule has 2 heterocycles. The molecule has 1 aromatic heterocycles. The Morgan fingerprint density at radius 1 is 1.18 bits per heavy atom. The van der Waals surface area contributed by atoms with E-state index in [0.717, 1.165) is 36.9 Å². The highest BCUT2D eigenvalue weighted by molar-refractivity contribution is 5.98. The van der Waals surface area contributed by atoms with Gasteiger partial charge in [-0.15, -0.1) is 0 Å². The van der Waals surface area contributed by atoms with Crippen molar-refractivity contribution in [2.75, 3.05) is 11.9 Å². The Bertz CT molecular complexity index is 960. The maximum absolute atomic E-state index is 12.5. The van der Waals surface area contributed by atoms with Crippen molar-refractivity contribution in [1.29, 1.82) is 0 Å². The van der Waals surface area contributed by atoms with Crippen LogP contribution in [0.1, 0.15) is 46.4 Å². The molecule has 1 unspecified atom stereocenters. The number of carbonyl (C=O) groups is 2. The van der Waals surface area contributed by atoms with Crippen molar-refractivity contribution < 1.29 is 14.3 Å². The standard InChI is InChI=1S/C21H23N3O4/c25-19(22-12-15-10-13-4-2-7-17(13)24-20(15)26)14-5-1-6-16(11-14)23-21(27)18-8-3-9-28-18/h1,5-6,10-11,18H,2-4,7-9,12H2,(H,22,25)(H,23,27)(H,24,26). The molecule has 28 heavy (non-hydrogen) atoms. The number of pyridine rings is 1. The van der Waals surface area contributed by atoms with Crippen molar-refractivity contribution in [3.63, 3.8) is 0 Å². The lowest BCUT2D eigenvalue weighted by Crippen LogP contribution is -2.28. The van der Waals surface area contributed by atoms with Crippen molar-refractivity contribution in [2.24, 2.45) is 0 Å². The normalized spacial score (nSPS) is 17.9. The molecular formula is C21H23N3O4. The third-order valence-corrected chi connectivity index (χ3v) is 5.22. The number of H-pyrrole nitrogens is 1. The molecule has 7 nitrogen and oxygen atoms in total. The predicted molar refractivity (Wildman–Crippen MR) is 104 cm³/mol. The molecule has 0 bridgehead atoms. The van der Waals surface area contributed by atoms with Gasteiger partial charge in [0.15, 0.2) is 0 Å². The Labute approximate surface area is 162 Å². The van der Waals surface area contributed by atoms with Crippen LogP contribution in [0.2, 0.25) is 0 Å². The van der Waals surface area contributed by atoms with E-state index in [-0.39, 0.29) is 23.9 Å². The van der Waals surface area contributed by atoms with Crippen molar-refractivity contribution in [3.8, 4) is 0 Å². The topological polar surface area (TPSA) is 100 Å². The first-order chi connectivity index (χ1) is 13.6. The molecule has 1 aromatic carbocycles. The lowest BCUT2D eigenvalue weighted by atomic mass is 10.1. The highest BCUT2D eigenvalue weighted by atomic mass is 16.5. The number of amides is 2. The molecule has 1 aliphatic heterocycles. The summed E-state index contributed by atoms with van der Waals surface area (Å²) in [6.07, 6.45) is 4.07. The van der Waals surface area contributed by atoms with Crippen LogP contribution in [0.15, 0.2) is 35.1 Å². The fourth-order valence-electron chi connectivity index (χ4n) is 3.72. The molecule has 1 aliphatic carbocycles. The summed E-state index contributed by atoms with van der Waals surface area (Å²) in [7, 11) is 0. The van der Waals surface area contributed by atoms with Gasteiger partial charge in [-0.2, -0.15) is 0 Å². The van der Waals surface area contributed by atoms with Crippen LogP contribution in [0, 0.1) is 0 Å². The summed E-state index contributed by atoms with van der Waals surface area (Å²) in [5, 5.41) is 5.58. The molecule has 1 fully saturated rings. The van der Waals surface area contributed by atoms with Gasteiger partial charge in [-0.25, -0.2) is 0 Å². The van der Waals surface area contributed by atoms with E-state index in [4.69, 9.17) is 4.74 Å². The maximum Gasteiger partial charge on any atom is 0.253 e. The predicted octanol–water partition coefficient (Wildman–Crippen LogP) is 1.91. The number of fused-ring (bicyclic) bond motifs is 1. The highest BCUT2D eigenvalue weighted by Gasteiger charge is 2.23. The second-order valence-corrected chi connectivity index (χ2v) is 7.24. The molecule has 4 rings (SSSR count). The third-order valence-electron chi connectivity index (χ3n) is 5.22. The van der Waals surface area contributed by atoms with E-state index in [9.17, 15) is 14.4 Å². The fourth-order valence-corrected chi connectivity index (χ4v) is 3.72. The lowest BCUT2D eigenvalue weighted by Gasteiger charge is -2.11. The summed E-state index contributed by atoms with van der Waals surface area (Å²) in [6, 6.07) is 8.62. The number of aromatic nitrogens is 1. The Balaban J connectivity index is 1.40. The molecule has 3 N–H and O–H groups in total. The van der Waals surface area contributed by atoms with Gasteiger partial charge < -0.3 is 20.4 Å². The van der Waals surface area contributed by atoms with Crippen LogP contribution >= 0.6 is 0 Å². The van der Waals surface area contributed by atoms with E-state index in [1.54, 1.807) is 24.3 Å². The van der Waals surface area contributed by atoms with E-state index in [1.807, 2.05) is 6.07 Å². The highest BCUT2D eigenvalue weighted by Crippen LogP contribution is 2.19. The average molecular weight is 381 g/mol. The van der Waals surface area contributed by atoms with E-state index < -0.39 is 6.10 Å². The quantitative estimate of drug-likeness (QED) is 0.737. The van der Waals surface area contributed by atoms with E-state index >= 15 is 0 Å². The zero-order valence-electron chi connectivity index (χ0n) is 15.5. The van der Waals surface area contributed by atoms with E-state index in [2.05, 4.69) is 15.6 Å². The van der Waals surface area contributed by atoms with Crippen LogP contribution in [0.5, 0.6) is 0 Å². The Hall–Kier alpha value is -2.93. The number of rotatable bonds is 5. The smallest absolute Gasteiger partial charge is 0.253 e. The Kier molecular flexibility index (Phi) is 5.25. The molecule has 0 radical (unpaired) electrons. The zero-order chi connectivity index (χ0) is 19.5. The Morgan fingerprint density at radius 3 is 2.89 bits per heavy atom. The summed E-state index contributed by atoms with van der Waals surface area (Å²) >= 11 is 0. The first-order valence-corrected chi connectivity index (χ1v) is 9.65. The minimum absolute atomic E-state index is 0.154. The number of hydrogen-bond acceptors (Lipinski definition) is 4. The minimum Gasteiger partial charge on any atom is -0.368 e. The van der Waals surface area contributed by atoms with Gasteiger partial charge in [0.05, 0.1) is 0 Å². The van der Waals surface area contributed by atoms with Gasteiger partial charge in [-0.05, 0) is 61.9 Å². The second kappa shape index (κ2) is 7.98. The van der Waals surface area contributed by atoms with Crippen LogP contribution in [0.3, 0.4) is 0 Å². The molecule has 0 spiro atoms. The van der Waals surface area contributed by atoms with Gasteiger partial charge in [0.2, 0.25) is 0 Å². The molecule has 2 amide bonds. The van der Waals surface area contributed by atoms with Crippen molar-refractivity contribution in [1.82, 2.24) is 10.3 Å². The number of hydrogen-bond donors (Lipinski definition) is 3. The van der Waals surface area contributed by atoms with Gasteiger partial charge in [0.1, 0.15) is 6.10 Å². The first-order valence-electron chi connectivity index (χ1n) is 9.65. The third kappa shape index (κ3) is 3.99. The van der Waals surface area contributed by atoms with Gasteiger partial charge in [0.25, 0.3) is 17.4 Å². The molecule has 2 aliphatic rings. The Morgan fingerprint density at radius 2 is 2.07 bits per heavy atom. The van der Waals surface area contributed by atoms with Crippen LogP contribution in [0.25, 0.3) is 0 Å². The van der Waals surface area contributed by atoms with E-state index in [1.165, 1.54) is 0 Å². The summed E-state index contributed by atoms with van der Waals surface area (Å²) < 4.78 is 5.37. The zero-order valence-corrected chi connectivity index (χ0v) is 15.5. The summed E-state index contributed by atoms with van der Waals surface area (Å²) in [5.41, 5.74) is 3.53. The van der Waals surface area contributed by atoms with Gasteiger partial charge in [0, 0.05) is 35.7 Å². The first kappa shape index (κ1) is 18.4. The molecule has 1 atom stereocenters.